The molecule has 1 aliphatic heterocycles. The van der Waals surface area contributed by atoms with Gasteiger partial charge in [0.25, 0.3) is 0 Å². The standard InChI is InChI=1S/C51H35N3O/c1-2-14-34(15-3-1)49-52-50(35-27-25-33(26-28-35)39-23-12-17-32-13-4-6-18-38(32)39)54-51(53-49)37-30-45(48-43-22-10-11-24-46(43)55-47(48)31-37)44-29-36-16-5-7-19-40(36)41-20-8-9-21-42(41)44/h1-4,6-15,17-31,49H,5,16H2,(H,52,53,54). The van der Waals surface area contributed by atoms with E-state index in [-0.39, 0.29) is 6.17 Å². The van der Waals surface area contributed by atoms with Crippen molar-refractivity contribution in [2.24, 2.45) is 9.98 Å². The molecule has 1 aliphatic carbocycles. The molecule has 260 valence electrons. The van der Waals surface area contributed by atoms with Crippen molar-refractivity contribution < 1.29 is 4.42 Å². The molecule has 0 bridgehead atoms. The van der Waals surface area contributed by atoms with E-state index in [0.29, 0.717) is 5.84 Å². The molecule has 2 aliphatic rings. The summed E-state index contributed by atoms with van der Waals surface area (Å²) in [5, 5.41) is 10.9. The number of hydrogen-bond acceptors (Lipinski definition) is 4. The van der Waals surface area contributed by atoms with Gasteiger partial charge in [0.05, 0.1) is 0 Å². The maximum absolute atomic E-state index is 6.66. The van der Waals surface area contributed by atoms with Crippen LogP contribution >= 0.6 is 0 Å². The second kappa shape index (κ2) is 12.8. The van der Waals surface area contributed by atoms with Crippen LogP contribution in [0.15, 0.2) is 184 Å². The number of aliphatic imine (C=N–C) groups is 2. The van der Waals surface area contributed by atoms with Crippen molar-refractivity contribution in [2.75, 3.05) is 0 Å². The first-order valence-electron chi connectivity index (χ1n) is 19.0. The molecule has 0 spiro atoms. The second-order valence-electron chi connectivity index (χ2n) is 14.5. The lowest BCUT2D eigenvalue weighted by Crippen LogP contribution is -2.33. The van der Waals surface area contributed by atoms with Gasteiger partial charge < -0.3 is 9.73 Å². The minimum atomic E-state index is -0.326. The maximum atomic E-state index is 6.66. The van der Waals surface area contributed by atoms with Crippen molar-refractivity contribution in [1.29, 1.82) is 0 Å². The summed E-state index contributed by atoms with van der Waals surface area (Å²) in [4.78, 5) is 10.5. The van der Waals surface area contributed by atoms with E-state index < -0.39 is 0 Å². The summed E-state index contributed by atoms with van der Waals surface area (Å²) in [5.41, 5.74) is 12.1. The number of amidine groups is 2. The molecule has 4 heteroatoms. The Hall–Kier alpha value is -7.04. The van der Waals surface area contributed by atoms with Gasteiger partial charge in [0, 0.05) is 21.9 Å². The Morgan fingerprint density at radius 3 is 2.15 bits per heavy atom. The average molecular weight is 706 g/mol. The zero-order valence-electron chi connectivity index (χ0n) is 30.0. The van der Waals surface area contributed by atoms with E-state index in [9.17, 15) is 0 Å². The Balaban J connectivity index is 1.09. The number of fused-ring (bicyclic) bond motifs is 7. The molecule has 11 rings (SSSR count). The first kappa shape index (κ1) is 31.5. The molecule has 0 fully saturated rings. The molecule has 1 N–H and O–H groups in total. The van der Waals surface area contributed by atoms with Crippen LogP contribution in [-0.4, -0.2) is 11.7 Å². The third-order valence-corrected chi connectivity index (χ3v) is 11.2. The topological polar surface area (TPSA) is 49.9 Å². The summed E-state index contributed by atoms with van der Waals surface area (Å²) in [7, 11) is 0. The molecule has 1 aromatic heterocycles. The van der Waals surface area contributed by atoms with E-state index in [0.717, 1.165) is 68.4 Å². The van der Waals surface area contributed by atoms with Gasteiger partial charge in [-0.3, -0.25) is 0 Å². The molecule has 1 unspecified atom stereocenters. The highest BCUT2D eigenvalue weighted by atomic mass is 16.3. The fourth-order valence-corrected chi connectivity index (χ4v) is 8.53. The zero-order chi connectivity index (χ0) is 36.3. The van der Waals surface area contributed by atoms with Crippen molar-refractivity contribution in [3.05, 3.63) is 198 Å². The summed E-state index contributed by atoms with van der Waals surface area (Å²) in [6, 6.07) is 58.1. The molecular weight excluding hydrogens is 671 g/mol. The number of allylic oxidation sites excluding steroid dienone is 1. The number of para-hydroxylation sites is 1. The van der Waals surface area contributed by atoms with Crippen LogP contribution in [0.5, 0.6) is 0 Å². The SMILES string of the molecule is C1=Cc2c(cc(-c3cc(C4=NC(c5ccc(-c6cccc7ccccc67)cc5)=NC(c5ccccc5)N4)cc4oc5ccccc5c34)c3ccccc23)CC1. The maximum Gasteiger partial charge on any atom is 0.159 e. The van der Waals surface area contributed by atoms with Gasteiger partial charge in [0.1, 0.15) is 23.2 Å². The van der Waals surface area contributed by atoms with Crippen molar-refractivity contribution >= 4 is 61.2 Å². The van der Waals surface area contributed by atoms with Crippen LogP contribution in [0.4, 0.5) is 0 Å². The molecule has 0 saturated carbocycles. The number of nitrogens with zero attached hydrogens (tertiary/aromatic N) is 2. The van der Waals surface area contributed by atoms with Crippen molar-refractivity contribution in [2.45, 2.75) is 19.0 Å². The number of rotatable bonds is 5. The van der Waals surface area contributed by atoms with E-state index in [1.54, 1.807) is 0 Å². The first-order chi connectivity index (χ1) is 27.2. The highest BCUT2D eigenvalue weighted by Gasteiger charge is 2.25. The minimum absolute atomic E-state index is 0.326. The predicted octanol–water partition coefficient (Wildman–Crippen LogP) is 12.7. The highest BCUT2D eigenvalue weighted by molar-refractivity contribution is 6.20. The van der Waals surface area contributed by atoms with Gasteiger partial charge in [-0.1, -0.05) is 152 Å². The lowest BCUT2D eigenvalue weighted by Gasteiger charge is -2.24. The fourth-order valence-electron chi connectivity index (χ4n) is 8.53. The number of aryl methyl sites for hydroxylation is 1. The van der Waals surface area contributed by atoms with Crippen LogP contribution in [0.25, 0.3) is 71.8 Å². The summed E-state index contributed by atoms with van der Waals surface area (Å²) in [5.74, 6) is 1.44. The van der Waals surface area contributed by atoms with E-state index in [1.807, 2.05) is 12.1 Å². The van der Waals surface area contributed by atoms with Crippen LogP contribution in [0.2, 0.25) is 0 Å². The monoisotopic (exact) mass is 705 g/mol. The van der Waals surface area contributed by atoms with Crippen LogP contribution in [-0.2, 0) is 6.42 Å². The summed E-state index contributed by atoms with van der Waals surface area (Å²) in [6.45, 7) is 0. The summed E-state index contributed by atoms with van der Waals surface area (Å²) >= 11 is 0. The van der Waals surface area contributed by atoms with Gasteiger partial charge in [-0.15, -0.1) is 0 Å². The van der Waals surface area contributed by atoms with Gasteiger partial charge >= 0.3 is 0 Å². The molecule has 55 heavy (non-hydrogen) atoms. The minimum Gasteiger partial charge on any atom is -0.456 e. The summed E-state index contributed by atoms with van der Waals surface area (Å²) in [6.07, 6.45) is 6.33. The highest BCUT2D eigenvalue weighted by Crippen LogP contribution is 2.43. The molecule has 2 heterocycles. The normalized spacial score (nSPS) is 15.2. The molecule has 0 amide bonds. The Morgan fingerprint density at radius 2 is 1.27 bits per heavy atom. The molecule has 1 atom stereocenters. The van der Waals surface area contributed by atoms with Gasteiger partial charge in [0.2, 0.25) is 0 Å². The first-order valence-corrected chi connectivity index (χ1v) is 19.0. The van der Waals surface area contributed by atoms with E-state index in [4.69, 9.17) is 14.4 Å². The molecule has 0 radical (unpaired) electrons. The molecule has 4 nitrogen and oxygen atoms in total. The van der Waals surface area contributed by atoms with E-state index >= 15 is 0 Å². The quantitative estimate of drug-likeness (QED) is 0.194. The third kappa shape index (κ3) is 5.37. The Kier molecular flexibility index (Phi) is 7.34. The molecule has 8 aromatic carbocycles. The number of benzene rings is 8. The van der Waals surface area contributed by atoms with Crippen LogP contribution in [0.1, 0.15) is 40.4 Å². The zero-order valence-corrected chi connectivity index (χ0v) is 30.0. The number of hydrogen-bond donors (Lipinski definition) is 1. The Labute approximate surface area is 318 Å². The van der Waals surface area contributed by atoms with Gasteiger partial charge in [0.15, 0.2) is 5.84 Å². The largest absolute Gasteiger partial charge is 0.456 e. The number of furan rings is 1. The predicted molar refractivity (Wildman–Crippen MR) is 229 cm³/mol. The fraction of sp³-hybridized carbons (Fsp3) is 0.0588. The Bertz CT molecular complexity index is 3050. The summed E-state index contributed by atoms with van der Waals surface area (Å²) < 4.78 is 6.66. The average Bonchev–Trinajstić information content (AvgIpc) is 3.65. The van der Waals surface area contributed by atoms with Crippen LogP contribution < -0.4 is 5.32 Å². The lowest BCUT2D eigenvalue weighted by atomic mass is 9.85. The third-order valence-electron chi connectivity index (χ3n) is 11.2. The molecule has 0 saturated heterocycles. The van der Waals surface area contributed by atoms with Gasteiger partial charge in [-0.25, -0.2) is 9.98 Å². The van der Waals surface area contributed by atoms with Gasteiger partial charge in [-0.05, 0) is 97.6 Å². The van der Waals surface area contributed by atoms with Crippen molar-refractivity contribution in [3.8, 4) is 22.3 Å². The Morgan fingerprint density at radius 1 is 0.545 bits per heavy atom. The second-order valence-corrected chi connectivity index (χ2v) is 14.5. The van der Waals surface area contributed by atoms with Crippen molar-refractivity contribution in [1.82, 2.24) is 5.32 Å². The van der Waals surface area contributed by atoms with E-state index in [1.165, 1.54) is 43.8 Å². The molecular formula is C51H35N3O. The lowest BCUT2D eigenvalue weighted by molar-refractivity contribution is 0.666. The molecule has 9 aromatic rings. The van der Waals surface area contributed by atoms with E-state index in [2.05, 4.69) is 169 Å². The van der Waals surface area contributed by atoms with Gasteiger partial charge in [-0.2, -0.15) is 0 Å². The van der Waals surface area contributed by atoms with Crippen molar-refractivity contribution in [3.63, 3.8) is 0 Å². The van der Waals surface area contributed by atoms with Crippen LogP contribution in [0.3, 0.4) is 0 Å². The van der Waals surface area contributed by atoms with Crippen LogP contribution in [0, 0.1) is 0 Å². The smallest absolute Gasteiger partial charge is 0.159 e. The number of nitrogens with one attached hydrogen (secondary N) is 1.